The fourth-order valence-electron chi connectivity index (χ4n) is 2.20. The Hall–Kier alpha value is -1.98. The largest absolute Gasteiger partial charge is 0.216 e. The fourth-order valence-corrected chi connectivity index (χ4v) is 3.79. The second-order valence-electron chi connectivity index (χ2n) is 4.58. The Morgan fingerprint density at radius 2 is 1.48 bits per heavy atom. The molecule has 21 heavy (non-hydrogen) atoms. The highest BCUT2D eigenvalue weighted by Crippen LogP contribution is 2.33. The van der Waals surface area contributed by atoms with Crippen LogP contribution in [0.4, 0.5) is 0 Å². The molecule has 4 rings (SSSR count). The van der Waals surface area contributed by atoms with Crippen LogP contribution >= 0.6 is 27.3 Å². The van der Waals surface area contributed by atoms with Gasteiger partial charge < -0.3 is 0 Å². The molecule has 2 aromatic carbocycles. The van der Waals surface area contributed by atoms with Crippen LogP contribution in [0.5, 0.6) is 0 Å². The van der Waals surface area contributed by atoms with E-state index in [1.807, 2.05) is 40.9 Å². The first-order valence-corrected chi connectivity index (χ1v) is 8.10. The molecule has 0 saturated carbocycles. The van der Waals surface area contributed by atoms with Crippen LogP contribution in [0, 0.1) is 0 Å². The summed E-state index contributed by atoms with van der Waals surface area (Å²) >= 11 is 5.21. The average Bonchev–Trinajstić information content (AvgIpc) is 3.09. The van der Waals surface area contributed by atoms with Crippen LogP contribution in [0.25, 0.3) is 26.8 Å². The van der Waals surface area contributed by atoms with Crippen molar-refractivity contribution in [3.8, 4) is 21.8 Å². The lowest BCUT2D eigenvalue weighted by atomic mass is 10.2. The summed E-state index contributed by atoms with van der Waals surface area (Å²) < 4.78 is 2.75. The molecule has 0 bridgehead atoms. The molecular weight excluding hydrogens is 346 g/mol. The Bertz CT molecular complexity index is 897. The number of nitrogens with zero attached hydrogens (tertiary/aromatic N) is 3. The molecule has 0 fully saturated rings. The summed E-state index contributed by atoms with van der Waals surface area (Å²) in [6, 6.07) is 20.3. The molecule has 0 radical (unpaired) electrons. The van der Waals surface area contributed by atoms with Crippen molar-refractivity contribution in [2.45, 2.75) is 0 Å². The summed E-state index contributed by atoms with van der Waals surface area (Å²) in [4.78, 5) is 5.59. The summed E-state index contributed by atoms with van der Waals surface area (Å²) in [5.74, 6) is 0. The summed E-state index contributed by atoms with van der Waals surface area (Å²) in [5.41, 5.74) is 3.12. The molecular formula is C16H10BrN3S. The van der Waals surface area contributed by atoms with Crippen molar-refractivity contribution >= 4 is 32.2 Å². The van der Waals surface area contributed by atoms with Crippen LogP contribution in [0.2, 0.25) is 0 Å². The average molecular weight is 356 g/mol. The Morgan fingerprint density at radius 1 is 0.857 bits per heavy atom. The number of rotatable bonds is 2. The molecule has 0 atom stereocenters. The maximum Gasteiger partial charge on any atom is 0.214 e. The van der Waals surface area contributed by atoms with E-state index in [4.69, 9.17) is 4.98 Å². The Kier molecular flexibility index (Phi) is 3.09. The zero-order valence-electron chi connectivity index (χ0n) is 10.9. The first kappa shape index (κ1) is 12.7. The van der Waals surface area contributed by atoms with Crippen molar-refractivity contribution < 1.29 is 0 Å². The van der Waals surface area contributed by atoms with Gasteiger partial charge in [0.15, 0.2) is 0 Å². The zero-order chi connectivity index (χ0) is 14.2. The van der Waals surface area contributed by atoms with Gasteiger partial charge in [-0.15, -0.1) is 0 Å². The van der Waals surface area contributed by atoms with E-state index in [2.05, 4.69) is 45.3 Å². The minimum Gasteiger partial charge on any atom is -0.216 e. The minimum absolute atomic E-state index is 0.889. The normalized spacial score (nSPS) is 11.1. The Balaban J connectivity index is 1.85. The van der Waals surface area contributed by atoms with Crippen molar-refractivity contribution in [2.75, 3.05) is 0 Å². The number of imidazole rings is 1. The third-order valence-electron chi connectivity index (χ3n) is 3.22. The first-order chi connectivity index (χ1) is 10.3. The summed E-state index contributed by atoms with van der Waals surface area (Å²) in [6.07, 6.45) is 0. The lowest BCUT2D eigenvalue weighted by molar-refractivity contribution is 0.956. The number of hydrogen-bond acceptors (Lipinski definition) is 3. The number of benzene rings is 2. The van der Waals surface area contributed by atoms with Gasteiger partial charge in [-0.3, -0.25) is 0 Å². The van der Waals surface area contributed by atoms with Gasteiger partial charge in [0.05, 0.1) is 0 Å². The Labute approximate surface area is 134 Å². The lowest BCUT2D eigenvalue weighted by Gasteiger charge is -1.97. The van der Waals surface area contributed by atoms with E-state index in [1.165, 1.54) is 0 Å². The van der Waals surface area contributed by atoms with Gasteiger partial charge in [0, 0.05) is 11.1 Å². The molecule has 2 heterocycles. The molecule has 102 valence electrons. The van der Waals surface area contributed by atoms with E-state index >= 15 is 0 Å². The number of aromatic nitrogens is 3. The monoisotopic (exact) mass is 355 g/mol. The highest BCUT2D eigenvalue weighted by atomic mass is 79.9. The van der Waals surface area contributed by atoms with Gasteiger partial charge >= 0.3 is 0 Å². The molecule has 0 aliphatic carbocycles. The van der Waals surface area contributed by atoms with Crippen LogP contribution in [-0.2, 0) is 0 Å². The van der Waals surface area contributed by atoms with Gasteiger partial charge in [-0.05, 0) is 15.9 Å². The van der Waals surface area contributed by atoms with E-state index in [-0.39, 0.29) is 0 Å². The molecule has 5 heteroatoms. The molecule has 0 aliphatic heterocycles. The predicted octanol–water partition coefficient (Wildman–Crippen LogP) is 4.89. The predicted molar refractivity (Wildman–Crippen MR) is 89.4 cm³/mol. The molecule has 4 aromatic rings. The second kappa shape index (κ2) is 5.09. The molecule has 0 aliphatic rings. The van der Waals surface area contributed by atoms with E-state index < -0.39 is 0 Å². The SMILES string of the molecule is Brc1c(-c2ccccc2)nc2sc(-c3ccccc3)nn12. The van der Waals surface area contributed by atoms with Crippen molar-refractivity contribution in [3.05, 3.63) is 65.3 Å². The topological polar surface area (TPSA) is 30.2 Å². The van der Waals surface area contributed by atoms with Crippen LogP contribution in [-0.4, -0.2) is 14.6 Å². The van der Waals surface area contributed by atoms with Crippen LogP contribution in [0.15, 0.2) is 65.3 Å². The van der Waals surface area contributed by atoms with Crippen molar-refractivity contribution in [3.63, 3.8) is 0 Å². The minimum atomic E-state index is 0.889. The fraction of sp³-hybridized carbons (Fsp3) is 0. The molecule has 2 aromatic heterocycles. The smallest absolute Gasteiger partial charge is 0.214 e. The third-order valence-corrected chi connectivity index (χ3v) is 4.89. The van der Waals surface area contributed by atoms with Crippen molar-refractivity contribution in [1.82, 2.24) is 14.6 Å². The molecule has 0 unspecified atom stereocenters. The number of fused-ring (bicyclic) bond motifs is 1. The number of hydrogen-bond donors (Lipinski definition) is 0. The quantitative estimate of drug-likeness (QED) is 0.512. The second-order valence-corrected chi connectivity index (χ2v) is 6.29. The van der Waals surface area contributed by atoms with E-state index in [0.717, 1.165) is 31.4 Å². The van der Waals surface area contributed by atoms with Gasteiger partial charge in [0.25, 0.3) is 0 Å². The highest BCUT2D eigenvalue weighted by Gasteiger charge is 2.16. The summed E-state index contributed by atoms with van der Waals surface area (Å²) in [6.45, 7) is 0. The maximum absolute atomic E-state index is 4.70. The van der Waals surface area contributed by atoms with E-state index in [9.17, 15) is 0 Å². The molecule has 0 spiro atoms. The molecule has 0 N–H and O–H groups in total. The standard InChI is InChI=1S/C16H10BrN3S/c17-14-13(11-7-3-1-4-8-11)18-16-20(14)19-15(21-16)12-9-5-2-6-10-12/h1-10H. The maximum atomic E-state index is 4.70. The van der Waals surface area contributed by atoms with Gasteiger partial charge in [0.1, 0.15) is 15.3 Å². The molecule has 0 saturated heterocycles. The third kappa shape index (κ3) is 2.18. The van der Waals surface area contributed by atoms with Gasteiger partial charge in [-0.1, -0.05) is 72.0 Å². The number of halogens is 1. The van der Waals surface area contributed by atoms with E-state index in [1.54, 1.807) is 11.3 Å². The Morgan fingerprint density at radius 3 is 2.10 bits per heavy atom. The van der Waals surface area contributed by atoms with Crippen LogP contribution in [0.1, 0.15) is 0 Å². The highest BCUT2D eigenvalue weighted by molar-refractivity contribution is 9.10. The van der Waals surface area contributed by atoms with Gasteiger partial charge in [-0.25, -0.2) is 4.98 Å². The van der Waals surface area contributed by atoms with Crippen LogP contribution < -0.4 is 0 Å². The van der Waals surface area contributed by atoms with E-state index in [0.29, 0.717) is 0 Å². The van der Waals surface area contributed by atoms with Gasteiger partial charge in [0.2, 0.25) is 4.96 Å². The lowest BCUT2D eigenvalue weighted by Crippen LogP contribution is -1.86. The summed E-state index contributed by atoms with van der Waals surface area (Å²) in [7, 11) is 0. The summed E-state index contributed by atoms with van der Waals surface area (Å²) in [5, 5.41) is 5.63. The molecule has 3 nitrogen and oxygen atoms in total. The van der Waals surface area contributed by atoms with Crippen molar-refractivity contribution in [1.29, 1.82) is 0 Å². The molecule has 0 amide bonds. The van der Waals surface area contributed by atoms with Crippen LogP contribution in [0.3, 0.4) is 0 Å². The van der Waals surface area contributed by atoms with Crippen molar-refractivity contribution in [2.24, 2.45) is 0 Å². The first-order valence-electron chi connectivity index (χ1n) is 6.49. The zero-order valence-corrected chi connectivity index (χ0v) is 13.3. The van der Waals surface area contributed by atoms with Gasteiger partial charge in [-0.2, -0.15) is 9.61 Å².